The quantitative estimate of drug-likeness (QED) is 0.728. The minimum absolute atomic E-state index is 0.156. The molecule has 0 heterocycles. The summed E-state index contributed by atoms with van der Waals surface area (Å²) in [5.74, 6) is 0.302. The van der Waals surface area contributed by atoms with Crippen molar-refractivity contribution in [3.8, 4) is 5.75 Å². The van der Waals surface area contributed by atoms with Gasteiger partial charge in [-0.3, -0.25) is 4.79 Å². The van der Waals surface area contributed by atoms with Gasteiger partial charge in [0.05, 0.1) is 4.90 Å². The van der Waals surface area contributed by atoms with E-state index in [1.165, 1.54) is 10.4 Å². The fourth-order valence-electron chi connectivity index (χ4n) is 2.90. The molecule has 2 aromatic carbocycles. The van der Waals surface area contributed by atoms with Crippen LogP contribution in [0.3, 0.4) is 0 Å². The second-order valence-corrected chi connectivity index (χ2v) is 8.61. The predicted molar refractivity (Wildman–Crippen MR) is 111 cm³/mol. The van der Waals surface area contributed by atoms with Gasteiger partial charge in [-0.25, -0.2) is 8.42 Å². The zero-order valence-electron chi connectivity index (χ0n) is 17.1. The topological polar surface area (TPSA) is 75.7 Å². The maximum absolute atomic E-state index is 12.7. The molecule has 7 heteroatoms. The molecule has 1 N–H and O–H groups in total. The van der Waals surface area contributed by atoms with Gasteiger partial charge >= 0.3 is 0 Å². The van der Waals surface area contributed by atoms with Crippen LogP contribution in [-0.4, -0.2) is 38.3 Å². The number of rotatable bonds is 8. The van der Waals surface area contributed by atoms with Gasteiger partial charge in [-0.15, -0.1) is 0 Å². The summed E-state index contributed by atoms with van der Waals surface area (Å²) in [5.41, 5.74) is 3.31. The van der Waals surface area contributed by atoms with Crippen molar-refractivity contribution in [1.29, 1.82) is 0 Å². The van der Waals surface area contributed by atoms with Crippen LogP contribution in [0.4, 0.5) is 5.69 Å². The third-order valence-corrected chi connectivity index (χ3v) is 6.56. The third-order valence-electron chi connectivity index (χ3n) is 4.52. The number of ether oxygens (including phenoxy) is 1. The third kappa shape index (κ3) is 5.11. The minimum atomic E-state index is -3.59. The summed E-state index contributed by atoms with van der Waals surface area (Å²) in [6, 6.07) is 10.5. The first-order valence-electron chi connectivity index (χ1n) is 9.29. The van der Waals surface area contributed by atoms with E-state index < -0.39 is 10.0 Å². The Balaban J connectivity index is 2.14. The van der Waals surface area contributed by atoms with Gasteiger partial charge in [0.25, 0.3) is 5.91 Å². The van der Waals surface area contributed by atoms with E-state index in [-0.39, 0.29) is 17.4 Å². The van der Waals surface area contributed by atoms with Gasteiger partial charge in [-0.2, -0.15) is 4.31 Å². The molecule has 0 fully saturated rings. The Kier molecular flexibility index (Phi) is 7.21. The van der Waals surface area contributed by atoms with Crippen molar-refractivity contribution >= 4 is 21.6 Å². The number of nitrogens with zero attached hydrogens (tertiary/aromatic N) is 1. The molecule has 0 atom stereocenters. The molecule has 152 valence electrons. The highest BCUT2D eigenvalue weighted by molar-refractivity contribution is 7.89. The number of hydrogen-bond acceptors (Lipinski definition) is 4. The molecular weight excluding hydrogens is 376 g/mol. The average molecular weight is 405 g/mol. The molecule has 1 amide bonds. The molecule has 0 radical (unpaired) electrons. The molecule has 0 saturated heterocycles. The van der Waals surface area contributed by atoms with E-state index in [1.54, 1.807) is 26.0 Å². The van der Waals surface area contributed by atoms with E-state index in [2.05, 4.69) is 5.32 Å². The van der Waals surface area contributed by atoms with E-state index in [4.69, 9.17) is 4.74 Å². The molecule has 28 heavy (non-hydrogen) atoms. The number of carbonyl (C=O) groups is 1. The van der Waals surface area contributed by atoms with Crippen LogP contribution in [0.5, 0.6) is 5.75 Å². The van der Waals surface area contributed by atoms with Crippen LogP contribution < -0.4 is 10.1 Å². The summed E-state index contributed by atoms with van der Waals surface area (Å²) in [5, 5.41) is 2.75. The molecule has 2 aromatic rings. The van der Waals surface area contributed by atoms with Gasteiger partial charge in [0.1, 0.15) is 5.75 Å². The molecule has 0 aliphatic carbocycles. The zero-order chi connectivity index (χ0) is 20.9. The number of hydrogen-bond donors (Lipinski definition) is 1. The highest BCUT2D eigenvalue weighted by Gasteiger charge is 2.22. The van der Waals surface area contributed by atoms with E-state index >= 15 is 0 Å². The lowest BCUT2D eigenvalue weighted by atomic mass is 10.1. The summed E-state index contributed by atoms with van der Waals surface area (Å²) < 4.78 is 32.4. The van der Waals surface area contributed by atoms with E-state index in [0.717, 1.165) is 16.7 Å². The standard InChI is InChI=1S/C21H28N2O4S/c1-6-23(7-2)28(25,26)18-10-9-16(4)19(13-18)22-21(24)14-27-20-11-8-15(3)12-17(20)5/h8-13H,6-7,14H2,1-5H3,(H,22,24). The second-order valence-electron chi connectivity index (χ2n) is 6.67. The number of carbonyl (C=O) groups excluding carboxylic acids is 1. The van der Waals surface area contributed by atoms with Crippen molar-refractivity contribution in [3.63, 3.8) is 0 Å². The van der Waals surface area contributed by atoms with Gasteiger partial charge < -0.3 is 10.1 Å². The SMILES string of the molecule is CCN(CC)S(=O)(=O)c1ccc(C)c(NC(=O)COc2ccc(C)cc2C)c1. The Morgan fingerprint density at radius 1 is 1.00 bits per heavy atom. The van der Waals surface area contributed by atoms with Crippen LogP contribution >= 0.6 is 0 Å². The fourth-order valence-corrected chi connectivity index (χ4v) is 4.38. The van der Waals surface area contributed by atoms with Crippen LogP contribution in [0.2, 0.25) is 0 Å². The molecule has 0 bridgehead atoms. The van der Waals surface area contributed by atoms with E-state index in [9.17, 15) is 13.2 Å². The first-order valence-corrected chi connectivity index (χ1v) is 10.7. The van der Waals surface area contributed by atoms with Gasteiger partial charge in [-0.1, -0.05) is 37.6 Å². The molecule has 0 saturated carbocycles. The summed E-state index contributed by atoms with van der Waals surface area (Å²) in [6.07, 6.45) is 0. The normalized spacial score (nSPS) is 11.5. The minimum Gasteiger partial charge on any atom is -0.483 e. The van der Waals surface area contributed by atoms with Gasteiger partial charge in [0.2, 0.25) is 10.0 Å². The van der Waals surface area contributed by atoms with Crippen LogP contribution in [0.1, 0.15) is 30.5 Å². The Morgan fingerprint density at radius 2 is 1.68 bits per heavy atom. The summed E-state index contributed by atoms with van der Waals surface area (Å²) >= 11 is 0. The first-order chi connectivity index (χ1) is 13.2. The summed E-state index contributed by atoms with van der Waals surface area (Å²) in [6.45, 7) is 9.93. The highest BCUT2D eigenvalue weighted by Crippen LogP contribution is 2.23. The number of benzene rings is 2. The molecule has 6 nitrogen and oxygen atoms in total. The lowest BCUT2D eigenvalue weighted by Crippen LogP contribution is -2.30. The molecule has 0 unspecified atom stereocenters. The second kappa shape index (κ2) is 9.21. The molecule has 0 aromatic heterocycles. The Hall–Kier alpha value is -2.38. The number of amides is 1. The molecule has 0 spiro atoms. The summed E-state index contributed by atoms with van der Waals surface area (Å²) in [4.78, 5) is 12.5. The maximum Gasteiger partial charge on any atom is 0.262 e. The predicted octanol–water partition coefficient (Wildman–Crippen LogP) is 3.66. The summed E-state index contributed by atoms with van der Waals surface area (Å²) in [7, 11) is -3.59. The van der Waals surface area contributed by atoms with Gasteiger partial charge in [0, 0.05) is 18.8 Å². The number of anilines is 1. The Morgan fingerprint density at radius 3 is 2.29 bits per heavy atom. The lowest BCUT2D eigenvalue weighted by molar-refractivity contribution is -0.118. The van der Waals surface area contributed by atoms with Gasteiger partial charge in [0.15, 0.2) is 6.61 Å². The number of nitrogens with one attached hydrogen (secondary N) is 1. The molecular formula is C21H28N2O4S. The highest BCUT2D eigenvalue weighted by atomic mass is 32.2. The van der Waals surface area contributed by atoms with Crippen LogP contribution in [-0.2, 0) is 14.8 Å². The molecule has 0 aliphatic heterocycles. The Bertz CT molecular complexity index is 951. The van der Waals surface area contributed by atoms with Crippen molar-refractivity contribution in [2.45, 2.75) is 39.5 Å². The average Bonchev–Trinajstić information content (AvgIpc) is 2.63. The molecule has 0 aliphatic rings. The smallest absolute Gasteiger partial charge is 0.262 e. The van der Waals surface area contributed by atoms with Crippen molar-refractivity contribution in [2.24, 2.45) is 0 Å². The van der Waals surface area contributed by atoms with Crippen LogP contribution in [0.15, 0.2) is 41.3 Å². The maximum atomic E-state index is 12.7. The Labute approximate surface area is 167 Å². The van der Waals surface area contributed by atoms with Crippen molar-refractivity contribution in [2.75, 3.05) is 25.0 Å². The fraction of sp³-hybridized carbons (Fsp3) is 0.381. The lowest BCUT2D eigenvalue weighted by Gasteiger charge is -2.19. The van der Waals surface area contributed by atoms with E-state index in [0.29, 0.717) is 24.5 Å². The monoisotopic (exact) mass is 404 g/mol. The van der Waals surface area contributed by atoms with Crippen molar-refractivity contribution in [3.05, 3.63) is 53.1 Å². The van der Waals surface area contributed by atoms with Crippen molar-refractivity contribution in [1.82, 2.24) is 4.31 Å². The van der Waals surface area contributed by atoms with Crippen LogP contribution in [0, 0.1) is 20.8 Å². The van der Waals surface area contributed by atoms with Crippen LogP contribution in [0.25, 0.3) is 0 Å². The van der Waals surface area contributed by atoms with E-state index in [1.807, 2.05) is 39.0 Å². The van der Waals surface area contributed by atoms with Crippen molar-refractivity contribution < 1.29 is 17.9 Å². The van der Waals surface area contributed by atoms with Gasteiger partial charge in [-0.05, 0) is 50.1 Å². The first kappa shape index (κ1) is 21.9. The number of sulfonamides is 1. The number of aryl methyl sites for hydroxylation is 3. The zero-order valence-corrected chi connectivity index (χ0v) is 17.9. The molecule has 2 rings (SSSR count). The largest absolute Gasteiger partial charge is 0.483 e.